The number of ether oxygens (including phenoxy) is 1. The fourth-order valence-corrected chi connectivity index (χ4v) is 3.38. The number of carbonyl (C=O) groups excluding carboxylic acids is 1. The molecule has 2 fully saturated rings. The molecular weight excluding hydrogens is 212 g/mol. The van der Waals surface area contributed by atoms with Crippen LogP contribution in [0.4, 0.5) is 0 Å². The van der Waals surface area contributed by atoms with Gasteiger partial charge in [0.05, 0.1) is 12.0 Å². The Balaban J connectivity index is 1.95. The second kappa shape index (κ2) is 5.41. The summed E-state index contributed by atoms with van der Waals surface area (Å²) >= 11 is 0. The molecule has 2 saturated carbocycles. The Hall–Kier alpha value is -0.530. The van der Waals surface area contributed by atoms with Gasteiger partial charge in [-0.25, -0.2) is 0 Å². The molecule has 2 nitrogen and oxygen atoms in total. The van der Waals surface area contributed by atoms with Crippen molar-refractivity contribution in [3.05, 3.63) is 0 Å². The first kappa shape index (κ1) is 12.9. The summed E-state index contributed by atoms with van der Waals surface area (Å²) < 4.78 is 5.53. The Bertz CT molecular complexity index is 260. The van der Waals surface area contributed by atoms with Crippen LogP contribution in [0.25, 0.3) is 0 Å². The lowest BCUT2D eigenvalue weighted by atomic mass is 9.57. The summed E-state index contributed by atoms with van der Waals surface area (Å²) in [5, 5.41) is 0. The van der Waals surface area contributed by atoms with Gasteiger partial charge in [-0.3, -0.25) is 4.79 Å². The number of rotatable bonds is 4. The van der Waals surface area contributed by atoms with Gasteiger partial charge in [-0.2, -0.15) is 0 Å². The lowest BCUT2D eigenvalue weighted by Gasteiger charge is -2.46. The van der Waals surface area contributed by atoms with Crippen LogP contribution in [0.5, 0.6) is 0 Å². The first-order chi connectivity index (χ1) is 8.15. The van der Waals surface area contributed by atoms with Crippen LogP contribution in [0.15, 0.2) is 0 Å². The van der Waals surface area contributed by atoms with Crippen LogP contribution in [-0.4, -0.2) is 12.6 Å². The van der Waals surface area contributed by atoms with E-state index in [2.05, 4.69) is 13.8 Å². The van der Waals surface area contributed by atoms with Crippen LogP contribution >= 0.6 is 0 Å². The minimum atomic E-state index is -0.0741. The molecular formula is C15H26O2. The monoisotopic (exact) mass is 238 g/mol. The smallest absolute Gasteiger partial charge is 0.312 e. The van der Waals surface area contributed by atoms with Gasteiger partial charge in [-0.05, 0) is 37.5 Å². The lowest BCUT2D eigenvalue weighted by Crippen LogP contribution is -2.46. The SMILES string of the molecule is CC(C)COC(=O)C1(C2CCCCC2)CCC1. The van der Waals surface area contributed by atoms with Crippen molar-refractivity contribution < 1.29 is 9.53 Å². The molecule has 0 aromatic carbocycles. The van der Waals surface area contributed by atoms with Gasteiger partial charge in [-0.15, -0.1) is 0 Å². The molecule has 0 saturated heterocycles. The van der Waals surface area contributed by atoms with Gasteiger partial charge >= 0.3 is 5.97 Å². The van der Waals surface area contributed by atoms with Crippen molar-refractivity contribution in [2.45, 2.75) is 65.2 Å². The molecule has 17 heavy (non-hydrogen) atoms. The normalized spacial score (nSPS) is 24.4. The molecule has 2 aliphatic rings. The zero-order chi connectivity index (χ0) is 12.3. The van der Waals surface area contributed by atoms with Gasteiger partial charge in [0, 0.05) is 0 Å². The molecule has 0 amide bonds. The Morgan fingerprint density at radius 2 is 1.82 bits per heavy atom. The Kier molecular flexibility index (Phi) is 4.11. The second-order valence-electron chi connectivity index (χ2n) is 6.34. The van der Waals surface area contributed by atoms with E-state index in [9.17, 15) is 4.79 Å². The molecule has 0 radical (unpaired) electrons. The van der Waals surface area contributed by atoms with E-state index in [1.54, 1.807) is 0 Å². The molecule has 0 N–H and O–H groups in total. The van der Waals surface area contributed by atoms with Gasteiger partial charge in [0.15, 0.2) is 0 Å². The van der Waals surface area contributed by atoms with Gasteiger partial charge in [-0.1, -0.05) is 39.5 Å². The summed E-state index contributed by atoms with van der Waals surface area (Å²) in [5.41, 5.74) is -0.0741. The Morgan fingerprint density at radius 1 is 1.18 bits per heavy atom. The van der Waals surface area contributed by atoms with E-state index in [1.165, 1.54) is 38.5 Å². The van der Waals surface area contributed by atoms with Crippen LogP contribution in [0.3, 0.4) is 0 Å². The molecule has 0 unspecified atom stereocenters. The number of hydrogen-bond acceptors (Lipinski definition) is 2. The highest BCUT2D eigenvalue weighted by molar-refractivity contribution is 5.78. The quantitative estimate of drug-likeness (QED) is 0.693. The second-order valence-corrected chi connectivity index (χ2v) is 6.34. The first-order valence-corrected chi connectivity index (χ1v) is 7.32. The predicted octanol–water partition coefficient (Wildman–Crippen LogP) is 3.94. The maximum Gasteiger partial charge on any atom is 0.312 e. The third kappa shape index (κ3) is 2.66. The van der Waals surface area contributed by atoms with Crippen molar-refractivity contribution >= 4 is 5.97 Å². The average Bonchev–Trinajstić information content (AvgIpc) is 2.26. The number of carbonyl (C=O) groups is 1. The van der Waals surface area contributed by atoms with E-state index in [-0.39, 0.29) is 11.4 Å². The molecule has 2 heteroatoms. The highest BCUT2D eigenvalue weighted by Crippen LogP contribution is 2.52. The van der Waals surface area contributed by atoms with Crippen molar-refractivity contribution in [1.82, 2.24) is 0 Å². The zero-order valence-corrected chi connectivity index (χ0v) is 11.3. The topological polar surface area (TPSA) is 26.3 Å². The van der Waals surface area contributed by atoms with Gasteiger partial charge in [0.2, 0.25) is 0 Å². The van der Waals surface area contributed by atoms with E-state index in [1.807, 2.05) is 0 Å². The lowest BCUT2D eigenvalue weighted by molar-refractivity contribution is -0.169. The van der Waals surface area contributed by atoms with E-state index >= 15 is 0 Å². The highest BCUT2D eigenvalue weighted by Gasteiger charge is 2.51. The standard InChI is InChI=1S/C15H26O2/c1-12(2)11-17-14(16)15(9-6-10-15)13-7-4-3-5-8-13/h12-13H,3-11H2,1-2H3. The molecule has 0 atom stereocenters. The zero-order valence-electron chi connectivity index (χ0n) is 11.3. The molecule has 98 valence electrons. The molecule has 0 aliphatic heterocycles. The number of esters is 1. The third-order valence-corrected chi connectivity index (χ3v) is 4.59. The summed E-state index contributed by atoms with van der Waals surface area (Å²) in [6.07, 6.45) is 9.84. The van der Waals surface area contributed by atoms with Crippen molar-refractivity contribution in [3.63, 3.8) is 0 Å². The first-order valence-electron chi connectivity index (χ1n) is 7.32. The molecule has 2 rings (SSSR count). The van der Waals surface area contributed by atoms with E-state index in [0.717, 1.165) is 12.8 Å². The van der Waals surface area contributed by atoms with Crippen LogP contribution in [0.1, 0.15) is 65.2 Å². The van der Waals surface area contributed by atoms with Crippen LogP contribution in [0.2, 0.25) is 0 Å². The fourth-order valence-electron chi connectivity index (χ4n) is 3.38. The Morgan fingerprint density at radius 3 is 2.29 bits per heavy atom. The summed E-state index contributed by atoms with van der Waals surface area (Å²) in [4.78, 5) is 12.3. The average molecular weight is 238 g/mol. The molecule has 0 heterocycles. The van der Waals surface area contributed by atoms with Crippen molar-refractivity contribution in [2.24, 2.45) is 17.3 Å². The largest absolute Gasteiger partial charge is 0.465 e. The maximum absolute atomic E-state index is 12.3. The van der Waals surface area contributed by atoms with E-state index < -0.39 is 0 Å². The van der Waals surface area contributed by atoms with E-state index in [0.29, 0.717) is 18.4 Å². The molecule has 0 aromatic heterocycles. The van der Waals surface area contributed by atoms with E-state index in [4.69, 9.17) is 4.74 Å². The predicted molar refractivity (Wildman–Crippen MR) is 68.7 cm³/mol. The summed E-state index contributed by atoms with van der Waals surface area (Å²) in [7, 11) is 0. The van der Waals surface area contributed by atoms with Gasteiger partial charge in [0.25, 0.3) is 0 Å². The summed E-state index contributed by atoms with van der Waals surface area (Å²) in [5.74, 6) is 1.18. The van der Waals surface area contributed by atoms with Gasteiger partial charge in [0.1, 0.15) is 0 Å². The highest BCUT2D eigenvalue weighted by atomic mass is 16.5. The fraction of sp³-hybridized carbons (Fsp3) is 0.933. The van der Waals surface area contributed by atoms with Crippen molar-refractivity contribution in [1.29, 1.82) is 0 Å². The molecule has 0 aromatic rings. The minimum Gasteiger partial charge on any atom is -0.465 e. The Labute approximate surface area is 105 Å². The molecule has 0 spiro atoms. The van der Waals surface area contributed by atoms with Crippen LogP contribution < -0.4 is 0 Å². The molecule has 0 bridgehead atoms. The van der Waals surface area contributed by atoms with Crippen LogP contribution in [-0.2, 0) is 9.53 Å². The summed E-state index contributed by atoms with van der Waals surface area (Å²) in [6, 6.07) is 0. The minimum absolute atomic E-state index is 0.0741. The third-order valence-electron chi connectivity index (χ3n) is 4.59. The van der Waals surface area contributed by atoms with Gasteiger partial charge < -0.3 is 4.74 Å². The van der Waals surface area contributed by atoms with Crippen LogP contribution in [0, 0.1) is 17.3 Å². The van der Waals surface area contributed by atoms with Crippen molar-refractivity contribution in [3.8, 4) is 0 Å². The van der Waals surface area contributed by atoms with Crippen molar-refractivity contribution in [2.75, 3.05) is 6.61 Å². The summed E-state index contributed by atoms with van der Waals surface area (Å²) in [6.45, 7) is 4.79. The number of hydrogen-bond donors (Lipinski definition) is 0. The molecule has 2 aliphatic carbocycles. The maximum atomic E-state index is 12.3.